The summed E-state index contributed by atoms with van der Waals surface area (Å²) < 4.78 is 39.7. The minimum Gasteiger partial charge on any atom is -0.490 e. The maximum Gasteiger partial charge on any atom is 0.200 e. The summed E-state index contributed by atoms with van der Waals surface area (Å²) in [6, 6.07) is 1.07. The normalized spacial score (nSPS) is 22.2. The number of hydrazone groups is 1. The first-order valence-electron chi connectivity index (χ1n) is 9.10. The van der Waals surface area contributed by atoms with Gasteiger partial charge < -0.3 is 9.47 Å². The lowest BCUT2D eigenvalue weighted by Gasteiger charge is -2.46. The van der Waals surface area contributed by atoms with Crippen molar-refractivity contribution in [1.29, 1.82) is 0 Å². The maximum absolute atomic E-state index is 15.2. The lowest BCUT2D eigenvalue weighted by molar-refractivity contribution is -0.123. The lowest BCUT2D eigenvalue weighted by atomic mass is 10.0. The Morgan fingerprint density at radius 2 is 1.93 bits per heavy atom. The molecule has 0 aliphatic carbocycles. The first kappa shape index (κ1) is 22.4. The van der Waals surface area contributed by atoms with Gasteiger partial charge in [0.15, 0.2) is 28.5 Å². The van der Waals surface area contributed by atoms with Gasteiger partial charge in [-0.25, -0.2) is 18.9 Å². The van der Waals surface area contributed by atoms with Crippen molar-refractivity contribution in [2.45, 2.75) is 43.2 Å². The Morgan fingerprint density at radius 3 is 2.39 bits per heavy atom. The molecule has 0 saturated heterocycles. The van der Waals surface area contributed by atoms with Crippen molar-refractivity contribution < 1.29 is 23.0 Å². The number of halogens is 2. The molecule has 0 bridgehead atoms. The Hall–Kier alpha value is -1.87. The van der Waals surface area contributed by atoms with Crippen LogP contribution in [0.1, 0.15) is 38.7 Å². The van der Waals surface area contributed by atoms with E-state index >= 15 is 4.39 Å². The van der Waals surface area contributed by atoms with Gasteiger partial charge >= 0.3 is 0 Å². The number of methoxy groups -OCH3 is 2. The van der Waals surface area contributed by atoms with Crippen molar-refractivity contribution in [3.63, 3.8) is 0 Å². The largest absolute Gasteiger partial charge is 0.490 e. The number of thioether (sulfide) groups is 1. The first-order chi connectivity index (χ1) is 13.3. The molecule has 1 aromatic carbocycles. The van der Waals surface area contributed by atoms with E-state index in [1.54, 1.807) is 24.2 Å². The number of hydrazine groups is 1. The van der Waals surface area contributed by atoms with Crippen LogP contribution in [0.4, 0.5) is 8.78 Å². The molecule has 0 spiro atoms. The molecule has 1 aromatic rings. The van der Waals surface area contributed by atoms with Gasteiger partial charge in [-0.2, -0.15) is 5.10 Å². The van der Waals surface area contributed by atoms with Gasteiger partial charge in [-0.15, -0.1) is 11.8 Å². The van der Waals surface area contributed by atoms with Crippen LogP contribution in [0.25, 0.3) is 0 Å². The van der Waals surface area contributed by atoms with Crippen LogP contribution in [-0.2, 0) is 4.79 Å². The number of carbonyl (C=O) groups excluding carboxylic acids is 1. The van der Waals surface area contributed by atoms with Crippen molar-refractivity contribution in [1.82, 2.24) is 10.1 Å². The molecule has 1 aliphatic rings. The summed E-state index contributed by atoms with van der Waals surface area (Å²) in [5.74, 6) is -2.09. The molecule has 1 aliphatic heterocycles. The van der Waals surface area contributed by atoms with Crippen molar-refractivity contribution >= 4 is 23.8 Å². The highest BCUT2D eigenvalue weighted by molar-refractivity contribution is 8.02. The Kier molecular flexibility index (Phi) is 7.28. The van der Waals surface area contributed by atoms with Crippen LogP contribution in [0.3, 0.4) is 0 Å². The van der Waals surface area contributed by atoms with Crippen LogP contribution in [0, 0.1) is 11.6 Å². The van der Waals surface area contributed by atoms with E-state index in [-0.39, 0.29) is 22.3 Å². The van der Waals surface area contributed by atoms with E-state index in [0.717, 1.165) is 18.8 Å². The van der Waals surface area contributed by atoms with Crippen LogP contribution in [-0.4, -0.2) is 60.6 Å². The molecule has 0 fully saturated rings. The SMILES string of the molecule is CCCC1(C=O)SC(CC)C(c2cc(F)c(OC)c(OC)c2F)=NN1N(C)C. The van der Waals surface area contributed by atoms with E-state index < -0.39 is 16.5 Å². The Morgan fingerprint density at radius 1 is 1.29 bits per heavy atom. The lowest BCUT2D eigenvalue weighted by Crippen LogP contribution is -2.55. The van der Waals surface area contributed by atoms with E-state index in [1.165, 1.54) is 26.0 Å². The number of carbonyl (C=O) groups is 1. The molecular weight excluding hydrogens is 388 g/mol. The number of rotatable bonds is 8. The third-order valence-corrected chi connectivity index (χ3v) is 6.26. The van der Waals surface area contributed by atoms with Crippen LogP contribution < -0.4 is 9.47 Å². The standard InChI is InChI=1S/C19H27F2N3O3S/c1-7-9-19(11-25)24(23(3)4)22-16(14(8-2)28-19)12-10-13(20)17(26-5)18(27-6)15(12)21/h10-11,14H,7-9H2,1-6H3. The number of benzene rings is 1. The molecule has 2 atom stereocenters. The highest BCUT2D eigenvalue weighted by atomic mass is 32.2. The monoisotopic (exact) mass is 415 g/mol. The van der Waals surface area contributed by atoms with Crippen molar-refractivity contribution in [2.24, 2.45) is 5.10 Å². The topological polar surface area (TPSA) is 54.4 Å². The Labute approximate surface area is 168 Å². The van der Waals surface area contributed by atoms with Gasteiger partial charge in [0.25, 0.3) is 0 Å². The molecule has 0 radical (unpaired) electrons. The fourth-order valence-electron chi connectivity index (χ4n) is 3.33. The van der Waals surface area contributed by atoms with Gasteiger partial charge in [0.05, 0.1) is 25.2 Å². The van der Waals surface area contributed by atoms with Gasteiger partial charge in [-0.1, -0.05) is 20.3 Å². The average molecular weight is 416 g/mol. The van der Waals surface area contributed by atoms with E-state index in [0.29, 0.717) is 18.6 Å². The van der Waals surface area contributed by atoms with Gasteiger partial charge in [0.1, 0.15) is 0 Å². The van der Waals surface area contributed by atoms with E-state index in [2.05, 4.69) is 5.10 Å². The molecule has 28 heavy (non-hydrogen) atoms. The summed E-state index contributed by atoms with van der Waals surface area (Å²) >= 11 is 1.41. The highest BCUT2D eigenvalue weighted by Crippen LogP contribution is 2.44. The van der Waals surface area contributed by atoms with Crippen LogP contribution in [0.2, 0.25) is 0 Å². The van der Waals surface area contributed by atoms with Crippen molar-refractivity contribution in [3.8, 4) is 11.5 Å². The molecule has 2 rings (SSSR count). The molecule has 6 nitrogen and oxygen atoms in total. The zero-order valence-electron chi connectivity index (χ0n) is 17.1. The van der Waals surface area contributed by atoms with Gasteiger partial charge in [0, 0.05) is 19.7 Å². The van der Waals surface area contributed by atoms with E-state index in [9.17, 15) is 9.18 Å². The molecule has 0 N–H and O–H groups in total. The Bertz CT molecular complexity index is 760. The molecule has 2 unspecified atom stereocenters. The summed E-state index contributed by atoms with van der Waals surface area (Å²) in [6.45, 7) is 3.91. The number of hydrogen-bond donors (Lipinski definition) is 0. The van der Waals surface area contributed by atoms with Gasteiger partial charge in [0.2, 0.25) is 5.75 Å². The molecule has 0 aromatic heterocycles. The quantitative estimate of drug-likeness (QED) is 0.604. The first-order valence-corrected chi connectivity index (χ1v) is 9.98. The number of nitrogens with zero attached hydrogens (tertiary/aromatic N) is 3. The molecule has 1 heterocycles. The average Bonchev–Trinajstić information content (AvgIpc) is 2.68. The smallest absolute Gasteiger partial charge is 0.200 e. The molecule has 0 saturated carbocycles. The minimum absolute atomic E-state index is 0.00246. The second-order valence-electron chi connectivity index (χ2n) is 6.64. The summed E-state index contributed by atoms with van der Waals surface area (Å²) in [5, 5.41) is 7.53. The molecule has 0 amide bonds. The predicted octanol–water partition coefficient (Wildman–Crippen LogP) is 3.69. The zero-order chi connectivity index (χ0) is 21.1. The summed E-state index contributed by atoms with van der Waals surface area (Å²) in [6.07, 6.45) is 2.83. The summed E-state index contributed by atoms with van der Waals surface area (Å²) in [7, 11) is 6.02. The van der Waals surface area contributed by atoms with Gasteiger partial charge in [-0.05, 0) is 18.9 Å². The third-order valence-electron chi connectivity index (χ3n) is 4.55. The number of ether oxygens (including phenoxy) is 2. The van der Waals surface area contributed by atoms with Crippen LogP contribution in [0.15, 0.2) is 11.2 Å². The number of aldehydes is 1. The van der Waals surface area contributed by atoms with E-state index in [4.69, 9.17) is 9.47 Å². The second-order valence-corrected chi connectivity index (χ2v) is 8.15. The second kappa shape index (κ2) is 9.09. The molecule has 156 valence electrons. The zero-order valence-corrected chi connectivity index (χ0v) is 17.9. The Balaban J connectivity index is 2.71. The molecule has 9 heteroatoms. The minimum atomic E-state index is -0.895. The summed E-state index contributed by atoms with van der Waals surface area (Å²) in [5.41, 5.74) is 0.351. The highest BCUT2D eigenvalue weighted by Gasteiger charge is 2.46. The van der Waals surface area contributed by atoms with Crippen LogP contribution in [0.5, 0.6) is 11.5 Å². The predicted molar refractivity (Wildman–Crippen MR) is 107 cm³/mol. The van der Waals surface area contributed by atoms with Crippen molar-refractivity contribution in [3.05, 3.63) is 23.3 Å². The van der Waals surface area contributed by atoms with Gasteiger partial charge in [-0.3, -0.25) is 4.79 Å². The van der Waals surface area contributed by atoms with Crippen LogP contribution >= 0.6 is 11.8 Å². The summed E-state index contributed by atoms with van der Waals surface area (Å²) in [4.78, 5) is 11.2. The fourth-order valence-corrected chi connectivity index (χ4v) is 4.95. The molecular formula is C19H27F2N3O3S. The van der Waals surface area contributed by atoms with E-state index in [1.807, 2.05) is 13.8 Å². The van der Waals surface area contributed by atoms with Crippen molar-refractivity contribution in [2.75, 3.05) is 28.3 Å². The maximum atomic E-state index is 15.2. The third kappa shape index (κ3) is 3.82. The number of hydrogen-bond acceptors (Lipinski definition) is 7. The fraction of sp³-hybridized carbons (Fsp3) is 0.579.